The average molecular weight is 412 g/mol. The lowest BCUT2D eigenvalue weighted by molar-refractivity contribution is -0.890. The van der Waals surface area contributed by atoms with Crippen molar-refractivity contribution in [1.29, 1.82) is 0 Å². The van der Waals surface area contributed by atoms with Crippen molar-refractivity contribution in [3.05, 3.63) is 4.13 Å². The highest BCUT2D eigenvalue weighted by atomic mass is 32.3. The summed E-state index contributed by atoms with van der Waals surface area (Å²) in [5.74, 6) is 0. The van der Waals surface area contributed by atoms with Gasteiger partial charge in [-0.1, -0.05) is 6.92 Å². The van der Waals surface area contributed by atoms with Gasteiger partial charge in [-0.25, -0.2) is 16.8 Å². The maximum atomic E-state index is 11.4. The molecule has 0 amide bonds. The Morgan fingerprint density at radius 1 is 0.875 bits per heavy atom. The first kappa shape index (κ1) is 25.6. The largest absolute Gasteiger partial charge is 0.480 e. The first-order valence-electron chi connectivity index (χ1n) is 6.12. The van der Waals surface area contributed by atoms with Crippen molar-refractivity contribution in [1.82, 2.24) is 0 Å². The number of hydrogen-bond acceptors (Lipinski definition) is 5. The zero-order valence-electron chi connectivity index (χ0n) is 12.9. The summed E-state index contributed by atoms with van der Waals surface area (Å²) in [7, 11) is -9.17. The highest BCUT2D eigenvalue weighted by Gasteiger charge is 2.46. The van der Waals surface area contributed by atoms with Crippen LogP contribution in [0.4, 0.5) is 26.3 Å². The molecule has 15 heteroatoms. The lowest BCUT2D eigenvalue weighted by Crippen LogP contribution is -2.42. The second kappa shape index (κ2) is 8.64. The summed E-state index contributed by atoms with van der Waals surface area (Å²) < 4.78 is 110. The summed E-state index contributed by atoms with van der Waals surface area (Å²) in [4.78, 5) is 0. The average Bonchev–Trinajstić information content (AvgIpc) is 2.24. The summed E-state index contributed by atoms with van der Waals surface area (Å²) in [6, 6.07) is 0. The van der Waals surface area contributed by atoms with Crippen molar-refractivity contribution in [2.24, 2.45) is 0 Å². The Morgan fingerprint density at radius 3 is 1.42 bits per heavy atom. The molecule has 0 saturated heterocycles. The van der Waals surface area contributed by atoms with Crippen LogP contribution in [0, 0.1) is 0 Å². The van der Waals surface area contributed by atoms with Crippen molar-refractivity contribution < 1.29 is 52.8 Å². The minimum Gasteiger partial charge on any atom is -0.421 e. The van der Waals surface area contributed by atoms with E-state index in [1.54, 1.807) is 0 Å². The summed E-state index contributed by atoms with van der Waals surface area (Å²) >= 11 is 0. The number of aliphatic hydroxyl groups excluding tert-OH is 1. The lowest BCUT2D eigenvalue weighted by Gasteiger charge is -2.28. The molecule has 148 valence electrons. The minimum absolute atomic E-state index is 0.299. The summed E-state index contributed by atoms with van der Waals surface area (Å²) in [6.45, 7) is 4.48. The van der Waals surface area contributed by atoms with E-state index in [0.717, 1.165) is 21.7 Å². The van der Waals surface area contributed by atoms with Crippen LogP contribution in [0.15, 0.2) is 0 Å². The van der Waals surface area contributed by atoms with E-state index in [2.05, 4.69) is 21.0 Å². The predicted octanol–water partition coefficient (Wildman–Crippen LogP) is 1.52. The van der Waals surface area contributed by atoms with E-state index < -0.39 is 31.1 Å². The molecule has 0 spiro atoms. The summed E-state index contributed by atoms with van der Waals surface area (Å²) in [6.07, 6.45) is 1.19. The zero-order chi connectivity index (χ0) is 20.0. The Balaban J connectivity index is 0. The molecular formula is C9H18F6N2O5S2. The molecular weight excluding hydrogens is 394 g/mol. The van der Waals surface area contributed by atoms with Gasteiger partial charge in [0.25, 0.3) is 0 Å². The number of quaternary nitrogens is 1. The molecule has 24 heavy (non-hydrogen) atoms. The monoisotopic (exact) mass is 412 g/mol. The van der Waals surface area contributed by atoms with Crippen LogP contribution in [0.5, 0.6) is 0 Å². The molecule has 0 aromatic carbocycles. The third-order valence-electron chi connectivity index (χ3n) is 2.32. The van der Waals surface area contributed by atoms with Gasteiger partial charge in [0.05, 0.1) is 27.2 Å². The van der Waals surface area contributed by atoms with Gasteiger partial charge in [0.2, 0.25) is 0 Å². The van der Waals surface area contributed by atoms with Crippen LogP contribution in [-0.2, 0) is 20.0 Å². The maximum Gasteiger partial charge on any atom is 0.480 e. The first-order valence-corrected chi connectivity index (χ1v) is 9.00. The molecule has 0 rings (SSSR count). The number of likely N-dealkylation sites (N-methyl/N-ethyl adjacent to an activating group) is 1. The third kappa shape index (κ3) is 9.00. The van der Waals surface area contributed by atoms with Crippen LogP contribution in [-0.4, -0.2) is 71.2 Å². The molecule has 0 atom stereocenters. The van der Waals surface area contributed by atoms with E-state index in [1.165, 1.54) is 6.42 Å². The van der Waals surface area contributed by atoms with Gasteiger partial charge in [-0.3, -0.25) is 0 Å². The first-order chi connectivity index (χ1) is 10.3. The van der Waals surface area contributed by atoms with Gasteiger partial charge >= 0.3 is 11.0 Å². The predicted molar refractivity (Wildman–Crippen MR) is 72.5 cm³/mol. The molecule has 0 heterocycles. The van der Waals surface area contributed by atoms with Gasteiger partial charge in [-0.05, 0) is 6.42 Å². The van der Waals surface area contributed by atoms with Crippen molar-refractivity contribution in [2.45, 2.75) is 24.4 Å². The Kier molecular flexibility index (Phi) is 9.22. The maximum absolute atomic E-state index is 11.4. The topological polar surface area (TPSA) is 103 Å². The Bertz CT molecular complexity index is 533. The Morgan fingerprint density at radius 2 is 1.21 bits per heavy atom. The minimum atomic E-state index is -6.72. The van der Waals surface area contributed by atoms with Crippen LogP contribution < -0.4 is 0 Å². The molecule has 0 saturated carbocycles. The van der Waals surface area contributed by atoms with E-state index in [-0.39, 0.29) is 0 Å². The SMILES string of the molecule is CCC[N+](C)(C)CCO.O=S(=O)([N-]S(=O)(=O)C(F)(F)F)C(F)(F)F. The van der Waals surface area contributed by atoms with Gasteiger partial charge in [0.1, 0.15) is 6.54 Å². The number of nitrogens with zero attached hydrogens (tertiary/aromatic N) is 2. The van der Waals surface area contributed by atoms with Crippen LogP contribution in [0.2, 0.25) is 0 Å². The van der Waals surface area contributed by atoms with Crippen LogP contribution >= 0.6 is 0 Å². The van der Waals surface area contributed by atoms with Crippen LogP contribution in [0.25, 0.3) is 4.13 Å². The molecule has 0 aliphatic rings. The molecule has 0 bridgehead atoms. The number of halogens is 6. The second-order valence-corrected chi connectivity index (χ2v) is 8.45. The summed E-state index contributed by atoms with van der Waals surface area (Å²) in [5.41, 5.74) is -12.4. The van der Waals surface area contributed by atoms with Crippen molar-refractivity contribution in [3.8, 4) is 0 Å². The number of alkyl halides is 6. The van der Waals surface area contributed by atoms with Gasteiger partial charge < -0.3 is 13.7 Å². The van der Waals surface area contributed by atoms with Crippen LogP contribution in [0.1, 0.15) is 13.3 Å². The van der Waals surface area contributed by atoms with E-state index >= 15 is 0 Å². The third-order valence-corrected chi connectivity index (χ3v) is 5.06. The number of hydrogen-bond donors (Lipinski definition) is 1. The standard InChI is InChI=1S/C7H18NO.C2F6NO4S2/c1-4-5-8(2,3)6-7-9;3-1(4,5)14(10,11)9-15(12,13)2(6,7)8/h9H,4-7H2,1-3H3;/q+1;-1. The highest BCUT2D eigenvalue weighted by molar-refractivity contribution is 8.13. The van der Waals surface area contributed by atoms with E-state index in [1.807, 2.05) is 0 Å². The molecule has 0 aliphatic carbocycles. The highest BCUT2D eigenvalue weighted by Crippen LogP contribution is 2.36. The van der Waals surface area contributed by atoms with Crippen molar-refractivity contribution in [3.63, 3.8) is 0 Å². The fourth-order valence-corrected chi connectivity index (χ4v) is 2.91. The van der Waals surface area contributed by atoms with E-state index in [9.17, 15) is 43.2 Å². The molecule has 7 nitrogen and oxygen atoms in total. The van der Waals surface area contributed by atoms with Gasteiger partial charge in [0.15, 0.2) is 20.0 Å². The quantitative estimate of drug-likeness (QED) is 0.527. The smallest absolute Gasteiger partial charge is 0.421 e. The second-order valence-electron chi connectivity index (χ2n) is 5.02. The normalized spacial score (nSPS) is 14.1. The molecule has 0 fully saturated rings. The fraction of sp³-hybridized carbons (Fsp3) is 1.00. The lowest BCUT2D eigenvalue weighted by atomic mass is 10.4. The van der Waals surface area contributed by atoms with Crippen molar-refractivity contribution >= 4 is 20.0 Å². The molecule has 1 N–H and O–H groups in total. The molecule has 0 aliphatic heterocycles. The number of rotatable bonds is 6. The van der Waals surface area contributed by atoms with Crippen LogP contribution in [0.3, 0.4) is 0 Å². The fourth-order valence-electron chi connectivity index (χ4n) is 1.20. The van der Waals surface area contributed by atoms with E-state index in [4.69, 9.17) is 5.11 Å². The van der Waals surface area contributed by atoms with Gasteiger partial charge in [0, 0.05) is 0 Å². The van der Waals surface area contributed by atoms with Crippen molar-refractivity contribution in [2.75, 3.05) is 33.8 Å². The van der Waals surface area contributed by atoms with Gasteiger partial charge in [-0.15, -0.1) is 0 Å². The Hall–Kier alpha value is -0.640. The number of aliphatic hydroxyl groups is 1. The van der Waals surface area contributed by atoms with Gasteiger partial charge in [-0.2, -0.15) is 26.3 Å². The zero-order valence-corrected chi connectivity index (χ0v) is 14.5. The molecule has 0 radical (unpaired) electrons. The number of sulfonamides is 2. The Labute approximate surface area is 135 Å². The summed E-state index contributed by atoms with van der Waals surface area (Å²) in [5, 5.41) is 8.61. The molecule has 0 aromatic heterocycles. The van der Waals surface area contributed by atoms with E-state index in [0.29, 0.717) is 6.61 Å². The molecule has 0 unspecified atom stereocenters. The molecule has 0 aromatic rings.